The Labute approximate surface area is 111 Å². The average molecular weight is 253 g/mol. The van der Waals surface area contributed by atoms with Gasteiger partial charge in [-0.25, -0.2) is 4.98 Å². The summed E-state index contributed by atoms with van der Waals surface area (Å²) >= 11 is 0. The van der Waals surface area contributed by atoms with Crippen LogP contribution in [0.3, 0.4) is 0 Å². The number of ether oxygens (including phenoxy) is 1. The monoisotopic (exact) mass is 253 g/mol. The molecule has 0 radical (unpaired) electrons. The molecule has 4 heteroatoms. The number of hydrogen-bond donors (Lipinski definition) is 1. The summed E-state index contributed by atoms with van der Waals surface area (Å²) in [7, 11) is 3.83. The molecule has 1 heterocycles. The van der Waals surface area contributed by atoms with Crippen molar-refractivity contribution in [2.24, 2.45) is 7.05 Å². The topological polar surface area (TPSA) is 39.1 Å². The van der Waals surface area contributed by atoms with Crippen LogP contribution in [-0.4, -0.2) is 35.4 Å². The first-order valence-corrected chi connectivity index (χ1v) is 6.89. The first kappa shape index (κ1) is 15.2. The van der Waals surface area contributed by atoms with Crippen molar-refractivity contribution in [2.75, 3.05) is 13.7 Å². The molecule has 0 amide bonds. The van der Waals surface area contributed by atoms with Crippen LogP contribution in [0.2, 0.25) is 0 Å². The maximum atomic E-state index is 5.32. The zero-order valence-electron chi connectivity index (χ0n) is 12.1. The molecule has 2 unspecified atom stereocenters. The van der Waals surface area contributed by atoms with E-state index in [-0.39, 0.29) is 0 Å². The van der Waals surface area contributed by atoms with E-state index in [0.717, 1.165) is 38.1 Å². The molecule has 0 saturated carbocycles. The lowest BCUT2D eigenvalue weighted by Crippen LogP contribution is -2.33. The maximum Gasteiger partial charge on any atom is 0.109 e. The smallest absolute Gasteiger partial charge is 0.109 e. The van der Waals surface area contributed by atoms with Crippen LogP contribution < -0.4 is 5.32 Å². The second kappa shape index (κ2) is 8.27. The molecule has 0 aliphatic rings. The third-order valence-corrected chi connectivity index (χ3v) is 3.36. The lowest BCUT2D eigenvalue weighted by atomic mass is 10.0. The highest BCUT2D eigenvalue weighted by Gasteiger charge is 2.13. The van der Waals surface area contributed by atoms with Gasteiger partial charge >= 0.3 is 0 Å². The van der Waals surface area contributed by atoms with E-state index in [9.17, 15) is 0 Å². The van der Waals surface area contributed by atoms with E-state index in [4.69, 9.17) is 4.74 Å². The Balaban J connectivity index is 2.47. The molecule has 0 aliphatic carbocycles. The van der Waals surface area contributed by atoms with Crippen LogP contribution in [0.4, 0.5) is 0 Å². The third-order valence-electron chi connectivity index (χ3n) is 3.36. The van der Waals surface area contributed by atoms with Gasteiger partial charge in [-0.3, -0.25) is 0 Å². The number of aromatic nitrogens is 2. The lowest BCUT2D eigenvalue weighted by molar-refractivity contribution is 0.106. The number of rotatable bonds is 9. The van der Waals surface area contributed by atoms with Gasteiger partial charge in [0.05, 0.1) is 6.10 Å². The number of methoxy groups -OCH3 is 1. The molecule has 0 bridgehead atoms. The predicted molar refractivity (Wildman–Crippen MR) is 74.7 cm³/mol. The van der Waals surface area contributed by atoms with Crippen molar-refractivity contribution in [2.45, 2.75) is 51.7 Å². The van der Waals surface area contributed by atoms with Crippen molar-refractivity contribution in [1.29, 1.82) is 0 Å². The molecule has 0 aliphatic heterocycles. The molecule has 1 N–H and O–H groups in total. The summed E-state index contributed by atoms with van der Waals surface area (Å²) in [5, 5.41) is 3.61. The molecule has 0 fully saturated rings. The van der Waals surface area contributed by atoms with Gasteiger partial charge in [0, 0.05) is 39.0 Å². The minimum atomic E-state index is 0.331. The van der Waals surface area contributed by atoms with Crippen LogP contribution >= 0.6 is 0 Å². The van der Waals surface area contributed by atoms with Crippen LogP contribution in [0.1, 0.15) is 38.9 Å². The lowest BCUT2D eigenvalue weighted by Gasteiger charge is -2.20. The molecular weight excluding hydrogens is 226 g/mol. The minimum Gasteiger partial charge on any atom is -0.382 e. The quantitative estimate of drug-likeness (QED) is 0.733. The largest absolute Gasteiger partial charge is 0.382 e. The van der Waals surface area contributed by atoms with Crippen LogP contribution in [0, 0.1) is 0 Å². The van der Waals surface area contributed by atoms with Gasteiger partial charge in [-0.15, -0.1) is 0 Å². The fourth-order valence-corrected chi connectivity index (χ4v) is 1.99. The number of hydrogen-bond acceptors (Lipinski definition) is 3. The van der Waals surface area contributed by atoms with Crippen LogP contribution in [0.5, 0.6) is 0 Å². The van der Waals surface area contributed by atoms with E-state index >= 15 is 0 Å². The van der Waals surface area contributed by atoms with Gasteiger partial charge in [0.1, 0.15) is 5.82 Å². The highest BCUT2D eigenvalue weighted by molar-refractivity contribution is 4.94. The molecule has 0 aromatic carbocycles. The number of imidazole rings is 1. The van der Waals surface area contributed by atoms with E-state index in [2.05, 4.69) is 35.8 Å². The van der Waals surface area contributed by atoms with E-state index in [1.165, 1.54) is 0 Å². The molecule has 1 aromatic heterocycles. The van der Waals surface area contributed by atoms with Gasteiger partial charge in [-0.2, -0.15) is 0 Å². The molecule has 18 heavy (non-hydrogen) atoms. The van der Waals surface area contributed by atoms with Crippen molar-refractivity contribution in [1.82, 2.24) is 14.9 Å². The minimum absolute atomic E-state index is 0.331. The van der Waals surface area contributed by atoms with E-state index in [1.807, 2.05) is 12.4 Å². The SMILES string of the molecule is CCCNC(CCC(C)OC)Cc1nccn1C. The second-order valence-electron chi connectivity index (χ2n) is 4.93. The molecule has 1 aromatic rings. The highest BCUT2D eigenvalue weighted by Crippen LogP contribution is 2.09. The van der Waals surface area contributed by atoms with Gasteiger partial charge < -0.3 is 14.6 Å². The van der Waals surface area contributed by atoms with Gasteiger partial charge in [-0.05, 0) is 32.7 Å². The van der Waals surface area contributed by atoms with Crippen LogP contribution in [0.25, 0.3) is 0 Å². The fourth-order valence-electron chi connectivity index (χ4n) is 1.99. The van der Waals surface area contributed by atoms with E-state index in [1.54, 1.807) is 7.11 Å². The molecular formula is C14H27N3O. The normalized spacial score (nSPS) is 14.7. The Morgan fingerprint density at radius 1 is 1.44 bits per heavy atom. The fraction of sp³-hybridized carbons (Fsp3) is 0.786. The molecule has 4 nitrogen and oxygen atoms in total. The van der Waals surface area contributed by atoms with Crippen molar-refractivity contribution >= 4 is 0 Å². The van der Waals surface area contributed by atoms with Gasteiger partial charge in [0.2, 0.25) is 0 Å². The third kappa shape index (κ3) is 5.19. The molecule has 0 saturated heterocycles. The summed E-state index contributed by atoms with van der Waals surface area (Å²) in [5.41, 5.74) is 0. The Morgan fingerprint density at radius 3 is 2.78 bits per heavy atom. The Morgan fingerprint density at radius 2 is 2.22 bits per heavy atom. The predicted octanol–water partition coefficient (Wildman–Crippen LogP) is 2.15. The zero-order valence-corrected chi connectivity index (χ0v) is 12.1. The number of nitrogens with one attached hydrogen (secondary N) is 1. The zero-order chi connectivity index (χ0) is 13.4. The van der Waals surface area contributed by atoms with Crippen molar-refractivity contribution in [3.63, 3.8) is 0 Å². The summed E-state index contributed by atoms with van der Waals surface area (Å²) in [6, 6.07) is 0.489. The average Bonchev–Trinajstić information content (AvgIpc) is 2.77. The molecule has 0 spiro atoms. The van der Waals surface area contributed by atoms with Crippen molar-refractivity contribution < 1.29 is 4.74 Å². The Hall–Kier alpha value is -0.870. The van der Waals surface area contributed by atoms with Crippen LogP contribution in [-0.2, 0) is 18.2 Å². The summed E-state index contributed by atoms with van der Waals surface area (Å²) in [6.07, 6.45) is 8.56. The number of aryl methyl sites for hydroxylation is 1. The summed E-state index contributed by atoms with van der Waals surface area (Å²) in [4.78, 5) is 4.40. The Kier molecular flexibility index (Phi) is 6.98. The number of nitrogens with zero attached hydrogens (tertiary/aromatic N) is 2. The molecule has 1 rings (SSSR count). The van der Waals surface area contributed by atoms with Crippen LogP contribution in [0.15, 0.2) is 12.4 Å². The van der Waals surface area contributed by atoms with Crippen molar-refractivity contribution in [3.8, 4) is 0 Å². The van der Waals surface area contributed by atoms with Gasteiger partial charge in [-0.1, -0.05) is 6.92 Å². The first-order chi connectivity index (χ1) is 8.67. The second-order valence-corrected chi connectivity index (χ2v) is 4.93. The van der Waals surface area contributed by atoms with Gasteiger partial charge in [0.25, 0.3) is 0 Å². The first-order valence-electron chi connectivity index (χ1n) is 6.89. The summed E-state index contributed by atoms with van der Waals surface area (Å²) < 4.78 is 7.41. The van der Waals surface area contributed by atoms with Crippen molar-refractivity contribution in [3.05, 3.63) is 18.2 Å². The van der Waals surface area contributed by atoms with Gasteiger partial charge in [0.15, 0.2) is 0 Å². The standard InChI is InChI=1S/C14H27N3O/c1-5-8-15-13(7-6-12(2)18-4)11-14-16-9-10-17(14)3/h9-10,12-13,15H,5-8,11H2,1-4H3. The Bertz CT molecular complexity index is 325. The molecule has 104 valence electrons. The highest BCUT2D eigenvalue weighted by atomic mass is 16.5. The summed E-state index contributed by atoms with van der Waals surface area (Å²) in [6.45, 7) is 5.39. The summed E-state index contributed by atoms with van der Waals surface area (Å²) in [5.74, 6) is 1.15. The maximum absolute atomic E-state index is 5.32. The molecule has 2 atom stereocenters. The van der Waals surface area contributed by atoms with E-state index < -0.39 is 0 Å². The van der Waals surface area contributed by atoms with E-state index in [0.29, 0.717) is 12.1 Å².